The second-order valence-electron chi connectivity index (χ2n) is 4.74. The highest BCUT2D eigenvalue weighted by Crippen LogP contribution is 2.27. The van der Waals surface area contributed by atoms with Gasteiger partial charge in [0.25, 0.3) is 0 Å². The first-order valence-electron chi connectivity index (χ1n) is 6.62. The van der Waals surface area contributed by atoms with Crippen molar-refractivity contribution in [1.29, 1.82) is 0 Å². The van der Waals surface area contributed by atoms with E-state index in [0.717, 1.165) is 28.8 Å². The molecule has 0 bridgehead atoms. The van der Waals surface area contributed by atoms with Crippen molar-refractivity contribution in [2.24, 2.45) is 0 Å². The highest BCUT2D eigenvalue weighted by atomic mass is 79.9. The molecule has 1 aromatic rings. The van der Waals surface area contributed by atoms with E-state index in [4.69, 9.17) is 0 Å². The van der Waals surface area contributed by atoms with Gasteiger partial charge in [-0.3, -0.25) is 4.21 Å². The lowest BCUT2D eigenvalue weighted by atomic mass is 9.95. The molecule has 0 amide bonds. The third-order valence-corrected chi connectivity index (χ3v) is 5.87. The van der Waals surface area contributed by atoms with Crippen LogP contribution in [0.15, 0.2) is 33.6 Å². The molecule has 0 aliphatic heterocycles. The summed E-state index contributed by atoms with van der Waals surface area (Å²) >= 11 is 3.42. The minimum atomic E-state index is -0.893. The van der Waals surface area contributed by atoms with Crippen LogP contribution in [-0.4, -0.2) is 22.0 Å². The number of hydrogen-bond acceptors (Lipinski definition) is 2. The molecule has 0 spiro atoms. The van der Waals surface area contributed by atoms with E-state index in [2.05, 4.69) is 28.2 Å². The molecule has 3 unspecified atom stereocenters. The van der Waals surface area contributed by atoms with Crippen molar-refractivity contribution in [3.8, 4) is 0 Å². The smallest absolute Gasteiger partial charge is 0.0576 e. The van der Waals surface area contributed by atoms with Crippen LogP contribution >= 0.6 is 15.9 Å². The molecule has 3 atom stereocenters. The zero-order chi connectivity index (χ0) is 13.0. The average molecular weight is 330 g/mol. The molecule has 0 saturated heterocycles. The van der Waals surface area contributed by atoms with Crippen molar-refractivity contribution in [3.05, 3.63) is 28.7 Å². The Balaban J connectivity index is 2.12. The summed E-state index contributed by atoms with van der Waals surface area (Å²) in [5.74, 6) is 0. The van der Waals surface area contributed by atoms with Crippen LogP contribution in [0.3, 0.4) is 0 Å². The van der Waals surface area contributed by atoms with Gasteiger partial charge in [0, 0.05) is 15.4 Å². The SMILES string of the molecule is CCNC1CCCCC1S(=O)c1ccc(Br)cc1. The molecule has 100 valence electrons. The van der Waals surface area contributed by atoms with Gasteiger partial charge in [0.2, 0.25) is 0 Å². The minimum Gasteiger partial charge on any atom is -0.313 e. The molecule has 1 fully saturated rings. The maximum atomic E-state index is 12.7. The second-order valence-corrected chi connectivity index (χ2v) is 7.33. The molecule has 2 nitrogen and oxygen atoms in total. The van der Waals surface area contributed by atoms with Gasteiger partial charge < -0.3 is 5.32 Å². The molecule has 1 saturated carbocycles. The summed E-state index contributed by atoms with van der Waals surface area (Å²) in [5.41, 5.74) is 0. The van der Waals surface area contributed by atoms with Crippen molar-refractivity contribution in [3.63, 3.8) is 0 Å². The largest absolute Gasteiger partial charge is 0.313 e. The molecule has 0 radical (unpaired) electrons. The zero-order valence-electron chi connectivity index (χ0n) is 10.7. The van der Waals surface area contributed by atoms with Gasteiger partial charge in [0.05, 0.1) is 16.0 Å². The predicted molar refractivity (Wildman–Crippen MR) is 80.3 cm³/mol. The standard InChI is InChI=1S/C14H20BrNOS/c1-2-16-13-5-3-4-6-14(13)18(17)12-9-7-11(15)8-10-12/h7-10,13-14,16H,2-6H2,1H3. The maximum absolute atomic E-state index is 12.7. The van der Waals surface area contributed by atoms with Crippen molar-refractivity contribution in [2.45, 2.75) is 48.8 Å². The van der Waals surface area contributed by atoms with E-state index < -0.39 is 10.8 Å². The van der Waals surface area contributed by atoms with Crippen molar-refractivity contribution in [1.82, 2.24) is 5.32 Å². The Labute approximate surface area is 120 Å². The van der Waals surface area contributed by atoms with Gasteiger partial charge in [-0.15, -0.1) is 0 Å². The lowest BCUT2D eigenvalue weighted by Gasteiger charge is -2.31. The number of benzene rings is 1. The number of nitrogens with one attached hydrogen (secondary N) is 1. The quantitative estimate of drug-likeness (QED) is 0.916. The fraction of sp³-hybridized carbons (Fsp3) is 0.571. The fourth-order valence-electron chi connectivity index (χ4n) is 2.59. The topological polar surface area (TPSA) is 29.1 Å². The van der Waals surface area contributed by atoms with Gasteiger partial charge in [-0.05, 0) is 43.7 Å². The predicted octanol–water partition coefficient (Wildman–Crippen LogP) is 3.48. The van der Waals surface area contributed by atoms with Crippen LogP contribution in [-0.2, 0) is 10.8 Å². The molecule has 4 heteroatoms. The van der Waals surface area contributed by atoms with Gasteiger partial charge in [0.1, 0.15) is 0 Å². The van der Waals surface area contributed by atoms with Crippen molar-refractivity contribution < 1.29 is 4.21 Å². The lowest BCUT2D eigenvalue weighted by Crippen LogP contribution is -2.44. The monoisotopic (exact) mass is 329 g/mol. The van der Waals surface area contributed by atoms with Crippen LogP contribution in [0, 0.1) is 0 Å². The summed E-state index contributed by atoms with van der Waals surface area (Å²) in [7, 11) is -0.893. The highest BCUT2D eigenvalue weighted by molar-refractivity contribution is 9.10. The second kappa shape index (κ2) is 6.83. The normalized spacial score (nSPS) is 25.9. The third kappa shape index (κ3) is 3.43. The molecule has 1 aliphatic rings. The fourth-order valence-corrected chi connectivity index (χ4v) is 4.52. The van der Waals surface area contributed by atoms with Crippen LogP contribution in [0.2, 0.25) is 0 Å². The first-order chi connectivity index (χ1) is 8.72. The van der Waals surface area contributed by atoms with E-state index in [-0.39, 0.29) is 5.25 Å². The van der Waals surface area contributed by atoms with E-state index in [1.165, 1.54) is 12.8 Å². The molecule has 0 aromatic heterocycles. The summed E-state index contributed by atoms with van der Waals surface area (Å²) in [6.45, 7) is 3.08. The van der Waals surface area contributed by atoms with E-state index >= 15 is 0 Å². The first kappa shape index (κ1) is 14.2. The molecule has 1 aliphatic carbocycles. The number of rotatable bonds is 4. The Morgan fingerprint density at radius 3 is 2.61 bits per heavy atom. The van der Waals surface area contributed by atoms with Crippen LogP contribution in [0.5, 0.6) is 0 Å². The van der Waals surface area contributed by atoms with E-state index in [9.17, 15) is 4.21 Å². The summed E-state index contributed by atoms with van der Waals surface area (Å²) in [4.78, 5) is 0.952. The Hall–Kier alpha value is -0.190. The maximum Gasteiger partial charge on any atom is 0.0576 e. The minimum absolute atomic E-state index is 0.264. The third-order valence-electron chi connectivity index (χ3n) is 3.49. The van der Waals surface area contributed by atoms with Crippen molar-refractivity contribution >= 4 is 26.7 Å². The molecule has 0 heterocycles. The summed E-state index contributed by atoms with van der Waals surface area (Å²) < 4.78 is 13.7. The Morgan fingerprint density at radius 2 is 1.94 bits per heavy atom. The number of halogens is 1. The Kier molecular flexibility index (Phi) is 5.39. The Bertz CT molecular complexity index is 405. The molecular weight excluding hydrogens is 310 g/mol. The first-order valence-corrected chi connectivity index (χ1v) is 8.62. The van der Waals surface area contributed by atoms with Crippen LogP contribution in [0.25, 0.3) is 0 Å². The summed E-state index contributed by atoms with van der Waals surface area (Å²) in [5, 5.41) is 3.76. The van der Waals surface area contributed by atoms with Gasteiger partial charge in [-0.25, -0.2) is 0 Å². The van der Waals surface area contributed by atoms with Gasteiger partial charge in [0.15, 0.2) is 0 Å². The van der Waals surface area contributed by atoms with Crippen molar-refractivity contribution in [2.75, 3.05) is 6.54 Å². The molecule has 1 aromatic carbocycles. The van der Waals surface area contributed by atoms with Crippen LogP contribution in [0.1, 0.15) is 32.6 Å². The molecule has 1 N–H and O–H groups in total. The molecule has 18 heavy (non-hydrogen) atoms. The Morgan fingerprint density at radius 1 is 1.28 bits per heavy atom. The van der Waals surface area contributed by atoms with E-state index in [1.807, 2.05) is 24.3 Å². The molecule has 2 rings (SSSR count). The van der Waals surface area contributed by atoms with Crippen LogP contribution in [0.4, 0.5) is 0 Å². The lowest BCUT2D eigenvalue weighted by molar-refractivity contribution is 0.385. The summed E-state index contributed by atoms with van der Waals surface area (Å²) in [6, 6.07) is 8.29. The number of hydrogen-bond donors (Lipinski definition) is 1. The highest BCUT2D eigenvalue weighted by Gasteiger charge is 2.29. The van der Waals surface area contributed by atoms with Gasteiger partial charge >= 0.3 is 0 Å². The molecular formula is C14H20BrNOS. The summed E-state index contributed by atoms with van der Waals surface area (Å²) in [6.07, 6.45) is 4.68. The van der Waals surface area contributed by atoms with E-state index in [0.29, 0.717) is 6.04 Å². The van der Waals surface area contributed by atoms with Crippen LogP contribution < -0.4 is 5.32 Å². The van der Waals surface area contributed by atoms with Gasteiger partial charge in [-0.2, -0.15) is 0 Å². The van der Waals surface area contributed by atoms with E-state index in [1.54, 1.807) is 0 Å². The van der Waals surface area contributed by atoms with Gasteiger partial charge in [-0.1, -0.05) is 35.7 Å². The average Bonchev–Trinajstić information content (AvgIpc) is 2.40. The zero-order valence-corrected chi connectivity index (χ0v) is 13.1.